The van der Waals surface area contributed by atoms with Crippen LogP contribution in [0.2, 0.25) is 0 Å². The van der Waals surface area contributed by atoms with Gasteiger partial charge >= 0.3 is 246 Å². The summed E-state index contributed by atoms with van der Waals surface area (Å²) < 4.78 is 0. The Morgan fingerprint density at radius 1 is 0.211 bits per heavy atom. The summed E-state index contributed by atoms with van der Waals surface area (Å²) >= 11 is 0. The van der Waals surface area contributed by atoms with E-state index in [1.807, 2.05) is 0 Å². The van der Waals surface area contributed by atoms with Gasteiger partial charge in [0, 0.05) is 0 Å². The Balaban J connectivity index is 4.79. The van der Waals surface area contributed by atoms with Crippen LogP contribution in [0.25, 0.3) is 0 Å². The molecule has 0 radical (unpaired) electrons. The van der Waals surface area contributed by atoms with E-state index < -0.39 is 7.26 Å². The molecule has 0 rings (SSSR count). The van der Waals surface area contributed by atoms with Crippen molar-refractivity contribution in [2.45, 2.75) is 214 Å². The quantitative estimate of drug-likeness (QED) is 0.0559. The van der Waals surface area contributed by atoms with Crippen LogP contribution in [0.4, 0.5) is 0 Å². The molecule has 0 unspecified atom stereocenters. The van der Waals surface area contributed by atoms with E-state index in [9.17, 15) is 0 Å². The maximum absolute atomic E-state index is 2.35. The van der Waals surface area contributed by atoms with Crippen LogP contribution in [0, 0.1) is 0 Å². The van der Waals surface area contributed by atoms with Crippen LogP contribution in [-0.4, -0.2) is 24.6 Å². The third-order valence-electron chi connectivity index (χ3n) is 9.49. The first-order chi connectivity index (χ1) is 18.7. The van der Waals surface area contributed by atoms with Crippen LogP contribution in [0.1, 0.15) is 214 Å². The molecular weight excluding hydrogens is 475 g/mol. The molecule has 0 aromatic rings. The molecular formula is C37H79P. The molecule has 0 fully saturated rings. The Labute approximate surface area is 245 Å². The molecule has 0 N–H and O–H groups in total. The predicted octanol–water partition coefficient (Wildman–Crippen LogP) is 14.1. The standard InChI is InChI=1S/C37H79P/c1-5-9-13-17-21-25-29-33-37-38(34-30-26-22-18-14-10-6-2,35-31-27-23-19-15-11-7-3)36-32-28-24-20-16-12-8-4/h38H,5-37H2,1-4H3. The number of hydrogen-bond donors (Lipinski definition) is 0. The summed E-state index contributed by atoms with van der Waals surface area (Å²) in [6.07, 6.45) is 49.9. The molecule has 0 spiro atoms. The minimum atomic E-state index is -1.10. The second kappa shape index (κ2) is 32.0. The predicted molar refractivity (Wildman–Crippen MR) is 184 cm³/mol. The minimum absolute atomic E-state index is 1.10. The number of unbranched alkanes of at least 4 members (excludes halogenated alkanes) is 25. The number of rotatable bonds is 33. The van der Waals surface area contributed by atoms with Crippen molar-refractivity contribution >= 4 is 7.26 Å². The van der Waals surface area contributed by atoms with Crippen molar-refractivity contribution < 1.29 is 0 Å². The second-order valence-electron chi connectivity index (χ2n) is 13.3. The van der Waals surface area contributed by atoms with Crippen molar-refractivity contribution in [2.24, 2.45) is 0 Å². The van der Waals surface area contributed by atoms with E-state index in [0.717, 1.165) is 0 Å². The van der Waals surface area contributed by atoms with Crippen LogP contribution in [0.3, 0.4) is 0 Å². The van der Waals surface area contributed by atoms with Crippen LogP contribution >= 0.6 is 7.26 Å². The summed E-state index contributed by atoms with van der Waals surface area (Å²) in [5, 5.41) is 0. The van der Waals surface area contributed by atoms with Crippen molar-refractivity contribution in [3.63, 3.8) is 0 Å². The van der Waals surface area contributed by atoms with Gasteiger partial charge in [-0.05, 0) is 0 Å². The van der Waals surface area contributed by atoms with Crippen molar-refractivity contribution in [2.75, 3.05) is 24.6 Å². The van der Waals surface area contributed by atoms with Gasteiger partial charge in [0.15, 0.2) is 0 Å². The molecule has 0 nitrogen and oxygen atoms in total. The van der Waals surface area contributed by atoms with E-state index in [-0.39, 0.29) is 0 Å². The summed E-state index contributed by atoms with van der Waals surface area (Å²) in [6.45, 7) is 9.38. The summed E-state index contributed by atoms with van der Waals surface area (Å²) in [4.78, 5) is 0. The molecule has 232 valence electrons. The second-order valence-corrected chi connectivity index (χ2v) is 18.3. The van der Waals surface area contributed by atoms with Gasteiger partial charge in [-0.25, -0.2) is 0 Å². The average molecular weight is 555 g/mol. The molecule has 0 aliphatic heterocycles. The Hall–Kier alpha value is 0.430. The van der Waals surface area contributed by atoms with Gasteiger partial charge in [-0.15, -0.1) is 0 Å². The van der Waals surface area contributed by atoms with Crippen LogP contribution in [0.15, 0.2) is 0 Å². The molecule has 0 aromatic heterocycles. The van der Waals surface area contributed by atoms with Crippen molar-refractivity contribution in [3.05, 3.63) is 0 Å². The van der Waals surface area contributed by atoms with Gasteiger partial charge in [0.25, 0.3) is 0 Å². The van der Waals surface area contributed by atoms with E-state index in [2.05, 4.69) is 27.7 Å². The molecule has 1 heteroatoms. The summed E-state index contributed by atoms with van der Waals surface area (Å²) in [5.74, 6) is 0. The van der Waals surface area contributed by atoms with Gasteiger partial charge in [-0.1, -0.05) is 0 Å². The Kier molecular flexibility index (Phi) is 32.3. The van der Waals surface area contributed by atoms with E-state index in [4.69, 9.17) is 0 Å². The van der Waals surface area contributed by atoms with Gasteiger partial charge in [0.2, 0.25) is 0 Å². The van der Waals surface area contributed by atoms with Crippen LogP contribution < -0.4 is 0 Å². The maximum atomic E-state index is 2.35. The fourth-order valence-electron chi connectivity index (χ4n) is 6.76. The molecule has 0 aliphatic rings. The van der Waals surface area contributed by atoms with E-state index in [1.165, 1.54) is 161 Å². The fraction of sp³-hybridized carbons (Fsp3) is 1.00. The first-order valence-electron chi connectivity index (χ1n) is 18.7. The van der Waals surface area contributed by atoms with Gasteiger partial charge in [0.05, 0.1) is 0 Å². The van der Waals surface area contributed by atoms with Crippen molar-refractivity contribution in [3.8, 4) is 0 Å². The van der Waals surface area contributed by atoms with Crippen molar-refractivity contribution in [1.82, 2.24) is 0 Å². The van der Waals surface area contributed by atoms with Gasteiger partial charge < -0.3 is 0 Å². The summed E-state index contributed by atoms with van der Waals surface area (Å²) in [6, 6.07) is 0. The first-order valence-corrected chi connectivity index (χ1v) is 21.6. The van der Waals surface area contributed by atoms with E-state index in [0.29, 0.717) is 0 Å². The van der Waals surface area contributed by atoms with E-state index >= 15 is 0 Å². The zero-order chi connectivity index (χ0) is 27.8. The molecule has 38 heavy (non-hydrogen) atoms. The average Bonchev–Trinajstić information content (AvgIpc) is 2.93. The zero-order valence-corrected chi connectivity index (χ0v) is 28.8. The Morgan fingerprint density at radius 2 is 0.368 bits per heavy atom. The summed E-state index contributed by atoms with van der Waals surface area (Å²) in [7, 11) is -1.10. The van der Waals surface area contributed by atoms with Crippen LogP contribution in [0.5, 0.6) is 0 Å². The molecule has 0 aliphatic carbocycles. The SMILES string of the molecule is CCCCCCCCCC[PH](CCCCCCCCC)(CCCCCCCCC)CCCCCCCCC. The molecule has 0 aromatic carbocycles. The number of hydrogen-bond acceptors (Lipinski definition) is 0. The third-order valence-corrected chi connectivity index (χ3v) is 15.1. The molecule has 0 bridgehead atoms. The zero-order valence-electron chi connectivity index (χ0n) is 27.8. The molecule has 0 atom stereocenters. The molecule has 0 saturated heterocycles. The Morgan fingerprint density at radius 3 is 0.553 bits per heavy atom. The fourth-order valence-corrected chi connectivity index (χ4v) is 12.3. The third kappa shape index (κ3) is 26.6. The molecule has 0 amide bonds. The normalized spacial score (nSPS) is 12.4. The van der Waals surface area contributed by atoms with Gasteiger partial charge in [0.1, 0.15) is 0 Å². The Bertz CT molecular complexity index is 371. The first kappa shape index (κ1) is 38.4. The van der Waals surface area contributed by atoms with E-state index in [1.54, 1.807) is 50.3 Å². The van der Waals surface area contributed by atoms with Crippen LogP contribution in [-0.2, 0) is 0 Å². The molecule has 0 saturated carbocycles. The van der Waals surface area contributed by atoms with Gasteiger partial charge in [-0.2, -0.15) is 0 Å². The van der Waals surface area contributed by atoms with Crippen molar-refractivity contribution in [1.29, 1.82) is 0 Å². The van der Waals surface area contributed by atoms with Gasteiger partial charge in [-0.3, -0.25) is 0 Å². The monoisotopic (exact) mass is 555 g/mol. The topological polar surface area (TPSA) is 0 Å². The molecule has 0 heterocycles. The summed E-state index contributed by atoms with van der Waals surface area (Å²) in [5.41, 5.74) is 0.